The Morgan fingerprint density at radius 1 is 1.33 bits per heavy atom. The lowest BCUT2D eigenvalue weighted by Gasteiger charge is -2.37. The molecule has 2 aliphatic carbocycles. The molecule has 0 saturated heterocycles. The Morgan fingerprint density at radius 3 is 2.73 bits per heavy atom. The quantitative estimate of drug-likeness (QED) is 0.653. The van der Waals surface area contributed by atoms with E-state index in [0.717, 1.165) is 37.7 Å². The maximum Gasteiger partial charge on any atom is 0.247 e. The van der Waals surface area contributed by atoms with Crippen molar-refractivity contribution >= 4 is 21.5 Å². The number of sulfonamides is 1. The molecule has 1 heterocycles. The molecular formula is C25H36N2O5S. The Hall–Kier alpha value is -1.90. The molecule has 1 saturated carbocycles. The van der Waals surface area contributed by atoms with Crippen molar-refractivity contribution in [3.05, 3.63) is 29.8 Å². The number of fused-ring (bicyclic) bond motifs is 1. The number of aliphatic hydroxyl groups excluding tert-OH is 1. The number of likely N-dealkylation sites (N-methyl/N-ethyl adjacent to an activating group) is 1. The van der Waals surface area contributed by atoms with Gasteiger partial charge in [-0.15, -0.1) is 0 Å². The van der Waals surface area contributed by atoms with E-state index in [9.17, 15) is 18.3 Å². The van der Waals surface area contributed by atoms with Crippen LogP contribution >= 0.6 is 0 Å². The van der Waals surface area contributed by atoms with Gasteiger partial charge >= 0.3 is 0 Å². The normalized spacial score (nSPS) is 25.9. The first-order valence-electron chi connectivity index (χ1n) is 12.1. The van der Waals surface area contributed by atoms with Gasteiger partial charge in [0.05, 0.1) is 13.2 Å². The number of hydrogen-bond acceptors (Lipinski definition) is 5. The molecule has 0 radical (unpaired) electrons. The summed E-state index contributed by atoms with van der Waals surface area (Å²) in [6.07, 6.45) is 7.73. The highest BCUT2D eigenvalue weighted by molar-refractivity contribution is 7.89. The first-order valence-corrected chi connectivity index (χ1v) is 13.5. The SMILES string of the molecule is C[C@H]1CN([C@@H](C)CO)S(=O)(=O)c2ccc(C3=CCCC3)cc2O[C@@H]1CN(C)C(=O)CC1CC1. The zero-order chi connectivity index (χ0) is 23.8. The van der Waals surface area contributed by atoms with Crippen LogP contribution in [0.15, 0.2) is 29.2 Å². The first-order chi connectivity index (χ1) is 15.7. The van der Waals surface area contributed by atoms with Gasteiger partial charge in [-0.2, -0.15) is 4.31 Å². The second-order valence-corrected chi connectivity index (χ2v) is 11.8. The van der Waals surface area contributed by atoms with Crippen molar-refractivity contribution in [2.75, 3.05) is 26.7 Å². The summed E-state index contributed by atoms with van der Waals surface area (Å²) in [5, 5.41) is 9.78. The Labute approximate surface area is 197 Å². The zero-order valence-corrected chi connectivity index (χ0v) is 20.7. The fourth-order valence-corrected chi connectivity index (χ4v) is 6.50. The molecule has 1 aromatic carbocycles. The van der Waals surface area contributed by atoms with Gasteiger partial charge in [-0.25, -0.2) is 8.42 Å². The maximum atomic E-state index is 13.6. The van der Waals surface area contributed by atoms with E-state index in [-0.39, 0.29) is 36.0 Å². The van der Waals surface area contributed by atoms with Gasteiger partial charge in [-0.3, -0.25) is 4.79 Å². The molecule has 0 spiro atoms. The minimum atomic E-state index is -3.85. The highest BCUT2D eigenvalue weighted by Gasteiger charge is 2.38. The Kier molecular flexibility index (Phi) is 7.17. The summed E-state index contributed by atoms with van der Waals surface area (Å²) in [5.41, 5.74) is 2.19. The molecule has 182 valence electrons. The van der Waals surface area contributed by atoms with E-state index >= 15 is 0 Å². The van der Waals surface area contributed by atoms with Crippen molar-refractivity contribution in [1.29, 1.82) is 0 Å². The summed E-state index contributed by atoms with van der Waals surface area (Å²) in [6, 6.07) is 4.76. The van der Waals surface area contributed by atoms with Crippen LogP contribution in [-0.2, 0) is 14.8 Å². The first kappa shape index (κ1) is 24.2. The number of rotatable bonds is 7. The molecule has 1 fully saturated rings. The predicted octanol–water partition coefficient (Wildman–Crippen LogP) is 3.28. The molecule has 1 aliphatic heterocycles. The Morgan fingerprint density at radius 2 is 2.09 bits per heavy atom. The lowest BCUT2D eigenvalue weighted by molar-refractivity contribution is -0.131. The second kappa shape index (κ2) is 9.76. The van der Waals surface area contributed by atoms with E-state index in [2.05, 4.69) is 6.08 Å². The van der Waals surface area contributed by atoms with Crippen LogP contribution in [0.3, 0.4) is 0 Å². The van der Waals surface area contributed by atoms with E-state index in [4.69, 9.17) is 4.74 Å². The molecule has 1 amide bonds. The molecule has 3 aliphatic rings. The van der Waals surface area contributed by atoms with Crippen molar-refractivity contribution in [3.8, 4) is 5.75 Å². The van der Waals surface area contributed by atoms with Gasteiger partial charge in [0.15, 0.2) is 0 Å². The van der Waals surface area contributed by atoms with Crippen molar-refractivity contribution in [1.82, 2.24) is 9.21 Å². The number of allylic oxidation sites excluding steroid dienone is 2. The Bertz CT molecular complexity index is 1020. The minimum Gasteiger partial charge on any atom is -0.487 e. The van der Waals surface area contributed by atoms with Crippen LogP contribution in [0, 0.1) is 11.8 Å². The molecule has 1 N–H and O–H groups in total. The summed E-state index contributed by atoms with van der Waals surface area (Å²) in [6.45, 7) is 4.00. The number of amides is 1. The summed E-state index contributed by atoms with van der Waals surface area (Å²) in [4.78, 5) is 14.5. The topological polar surface area (TPSA) is 87.2 Å². The summed E-state index contributed by atoms with van der Waals surface area (Å²) in [7, 11) is -2.06. The van der Waals surface area contributed by atoms with Crippen LogP contribution < -0.4 is 4.74 Å². The number of carbonyl (C=O) groups excluding carboxylic acids is 1. The van der Waals surface area contributed by atoms with Crippen LogP contribution in [0.25, 0.3) is 5.57 Å². The van der Waals surface area contributed by atoms with Crippen molar-refractivity contribution in [2.45, 2.75) is 69.4 Å². The van der Waals surface area contributed by atoms with E-state index in [1.165, 1.54) is 9.88 Å². The van der Waals surface area contributed by atoms with Gasteiger partial charge in [-0.1, -0.05) is 19.1 Å². The third-order valence-electron chi connectivity index (χ3n) is 7.12. The van der Waals surface area contributed by atoms with Gasteiger partial charge in [0, 0.05) is 32.0 Å². The number of carbonyl (C=O) groups is 1. The lowest BCUT2D eigenvalue weighted by atomic mass is 10.0. The summed E-state index contributed by atoms with van der Waals surface area (Å²) >= 11 is 0. The molecular weight excluding hydrogens is 440 g/mol. The highest BCUT2D eigenvalue weighted by atomic mass is 32.2. The smallest absolute Gasteiger partial charge is 0.247 e. The minimum absolute atomic E-state index is 0.105. The van der Waals surface area contributed by atoms with Crippen LogP contribution in [0.1, 0.15) is 57.9 Å². The van der Waals surface area contributed by atoms with Gasteiger partial charge in [-0.05, 0) is 68.2 Å². The van der Waals surface area contributed by atoms with Crippen LogP contribution in [-0.4, -0.2) is 67.5 Å². The van der Waals surface area contributed by atoms with Crippen molar-refractivity contribution in [2.24, 2.45) is 11.8 Å². The van der Waals surface area contributed by atoms with E-state index in [1.54, 1.807) is 24.9 Å². The number of benzene rings is 1. The monoisotopic (exact) mass is 476 g/mol. The molecule has 0 aromatic heterocycles. The summed E-state index contributed by atoms with van der Waals surface area (Å²) in [5.74, 6) is 0.765. The second-order valence-electron chi connectivity index (χ2n) is 9.94. The van der Waals surface area contributed by atoms with Gasteiger partial charge < -0.3 is 14.7 Å². The van der Waals surface area contributed by atoms with Crippen LogP contribution in [0.4, 0.5) is 0 Å². The third-order valence-corrected chi connectivity index (χ3v) is 9.14. The molecule has 0 unspecified atom stereocenters. The molecule has 33 heavy (non-hydrogen) atoms. The molecule has 8 heteroatoms. The fraction of sp³-hybridized carbons (Fsp3) is 0.640. The molecule has 7 nitrogen and oxygen atoms in total. The van der Waals surface area contributed by atoms with Gasteiger partial charge in [0.1, 0.15) is 16.7 Å². The largest absolute Gasteiger partial charge is 0.487 e. The highest BCUT2D eigenvalue weighted by Crippen LogP contribution is 2.38. The molecule has 1 aromatic rings. The van der Waals surface area contributed by atoms with Gasteiger partial charge in [0.2, 0.25) is 15.9 Å². The van der Waals surface area contributed by atoms with E-state index < -0.39 is 16.1 Å². The molecule has 3 atom stereocenters. The molecule has 4 rings (SSSR count). The zero-order valence-electron chi connectivity index (χ0n) is 19.9. The maximum absolute atomic E-state index is 13.6. The van der Waals surface area contributed by atoms with E-state index in [1.807, 2.05) is 19.1 Å². The standard InChI is InChI=1S/C25H36N2O5S/c1-17-14-27(18(2)16-28)33(30,31)24-11-10-21(20-6-4-5-7-20)13-22(24)32-23(17)15-26(3)25(29)12-19-8-9-19/h6,10-11,13,17-19,23,28H,4-5,7-9,12,14-16H2,1-3H3/t17-,18-,23+/m0/s1. The van der Waals surface area contributed by atoms with Crippen molar-refractivity contribution < 1.29 is 23.1 Å². The number of ether oxygens (including phenoxy) is 1. The lowest BCUT2D eigenvalue weighted by Crippen LogP contribution is -2.50. The predicted molar refractivity (Wildman–Crippen MR) is 127 cm³/mol. The van der Waals surface area contributed by atoms with Crippen LogP contribution in [0.5, 0.6) is 5.75 Å². The summed E-state index contributed by atoms with van der Waals surface area (Å²) < 4.78 is 34.9. The average molecular weight is 477 g/mol. The number of aliphatic hydroxyl groups is 1. The Balaban J connectivity index is 1.69. The van der Waals surface area contributed by atoms with E-state index in [0.29, 0.717) is 24.6 Å². The number of nitrogens with zero attached hydrogens (tertiary/aromatic N) is 2. The van der Waals surface area contributed by atoms with Crippen LogP contribution in [0.2, 0.25) is 0 Å². The fourth-order valence-electron chi connectivity index (χ4n) is 4.67. The number of hydrogen-bond donors (Lipinski definition) is 1. The molecule has 0 bridgehead atoms. The van der Waals surface area contributed by atoms with Crippen molar-refractivity contribution in [3.63, 3.8) is 0 Å². The third kappa shape index (κ3) is 5.28. The average Bonchev–Trinajstić information content (AvgIpc) is 3.43. The van der Waals surface area contributed by atoms with Gasteiger partial charge in [0.25, 0.3) is 0 Å².